The van der Waals surface area contributed by atoms with E-state index in [0.29, 0.717) is 24.6 Å². The van der Waals surface area contributed by atoms with Crippen LogP contribution in [0.1, 0.15) is 30.9 Å². The maximum absolute atomic E-state index is 12.0. The van der Waals surface area contributed by atoms with E-state index in [1.807, 2.05) is 54.7 Å². The van der Waals surface area contributed by atoms with Crippen molar-refractivity contribution in [2.45, 2.75) is 26.2 Å². The van der Waals surface area contributed by atoms with Crippen LogP contribution in [-0.2, 0) is 16.0 Å². The molecule has 0 aliphatic heterocycles. The molecule has 0 unspecified atom stereocenters. The smallest absolute Gasteiger partial charge is 0.313 e. The van der Waals surface area contributed by atoms with Crippen molar-refractivity contribution in [1.82, 2.24) is 10.3 Å². The van der Waals surface area contributed by atoms with Gasteiger partial charge in [-0.3, -0.25) is 9.59 Å². The van der Waals surface area contributed by atoms with Crippen LogP contribution in [0, 0.1) is 0 Å². The van der Waals surface area contributed by atoms with Gasteiger partial charge in [0.2, 0.25) is 0 Å². The van der Waals surface area contributed by atoms with Gasteiger partial charge in [-0.25, -0.2) is 0 Å². The molecule has 0 atom stereocenters. The molecule has 2 aromatic carbocycles. The number of fused-ring (bicyclic) bond motifs is 1. The van der Waals surface area contributed by atoms with Crippen molar-refractivity contribution in [3.05, 3.63) is 65.9 Å². The lowest BCUT2D eigenvalue weighted by atomic mass is 10.0. The summed E-state index contributed by atoms with van der Waals surface area (Å²) in [5.41, 5.74) is 3.99. The number of para-hydroxylation sites is 1. The lowest BCUT2D eigenvalue weighted by molar-refractivity contribution is -0.136. The molecule has 3 aromatic rings. The summed E-state index contributed by atoms with van der Waals surface area (Å²) in [5, 5.41) is 6.43. The summed E-state index contributed by atoms with van der Waals surface area (Å²) in [5.74, 6) is -0.855. The Bertz CT molecular complexity index is 910. The third-order valence-corrected chi connectivity index (χ3v) is 4.40. The molecule has 5 nitrogen and oxygen atoms in total. The molecule has 0 spiro atoms. The first-order valence-electron chi connectivity index (χ1n) is 8.78. The molecule has 0 aliphatic rings. The molecular formula is C21H23N3O2. The molecule has 1 heterocycles. The Kier molecular flexibility index (Phi) is 5.37. The van der Waals surface area contributed by atoms with Crippen molar-refractivity contribution in [3.63, 3.8) is 0 Å². The van der Waals surface area contributed by atoms with E-state index in [1.165, 1.54) is 5.56 Å². The number of benzene rings is 2. The maximum atomic E-state index is 12.0. The van der Waals surface area contributed by atoms with Gasteiger partial charge < -0.3 is 15.6 Å². The van der Waals surface area contributed by atoms with Crippen molar-refractivity contribution in [3.8, 4) is 0 Å². The predicted molar refractivity (Wildman–Crippen MR) is 104 cm³/mol. The fourth-order valence-electron chi connectivity index (χ4n) is 2.87. The van der Waals surface area contributed by atoms with Gasteiger partial charge in [-0.05, 0) is 41.7 Å². The molecule has 0 saturated carbocycles. The number of aromatic amines is 1. The van der Waals surface area contributed by atoms with E-state index in [-0.39, 0.29) is 0 Å². The third-order valence-electron chi connectivity index (χ3n) is 4.40. The minimum absolute atomic E-state index is 0.403. The first kappa shape index (κ1) is 17.7. The summed E-state index contributed by atoms with van der Waals surface area (Å²) in [7, 11) is 0. The lowest BCUT2D eigenvalue weighted by Gasteiger charge is -2.09. The third kappa shape index (κ3) is 4.11. The molecule has 1 aromatic heterocycles. The average molecular weight is 349 g/mol. The number of hydrogen-bond acceptors (Lipinski definition) is 2. The first-order chi connectivity index (χ1) is 12.5. The summed E-state index contributed by atoms with van der Waals surface area (Å²) in [6.45, 7) is 4.61. The second-order valence-corrected chi connectivity index (χ2v) is 6.60. The monoisotopic (exact) mass is 349 g/mol. The van der Waals surface area contributed by atoms with E-state index in [0.717, 1.165) is 16.5 Å². The highest BCUT2D eigenvalue weighted by Gasteiger charge is 2.13. The van der Waals surface area contributed by atoms with Gasteiger partial charge >= 0.3 is 11.8 Å². The Hall–Kier alpha value is -3.08. The summed E-state index contributed by atoms with van der Waals surface area (Å²) in [6, 6.07) is 15.5. The average Bonchev–Trinajstić information content (AvgIpc) is 3.05. The number of aromatic nitrogens is 1. The van der Waals surface area contributed by atoms with Crippen molar-refractivity contribution >= 4 is 28.4 Å². The predicted octanol–water partition coefficient (Wildman–Crippen LogP) is 3.59. The normalized spacial score (nSPS) is 10.9. The zero-order valence-corrected chi connectivity index (χ0v) is 15.0. The molecule has 0 fully saturated rings. The molecule has 3 rings (SSSR count). The van der Waals surface area contributed by atoms with E-state index in [2.05, 4.69) is 29.5 Å². The molecule has 0 aliphatic carbocycles. The Morgan fingerprint density at radius 1 is 1.00 bits per heavy atom. The Morgan fingerprint density at radius 3 is 2.46 bits per heavy atom. The van der Waals surface area contributed by atoms with Crippen molar-refractivity contribution in [1.29, 1.82) is 0 Å². The van der Waals surface area contributed by atoms with E-state index < -0.39 is 11.8 Å². The van der Waals surface area contributed by atoms with E-state index in [9.17, 15) is 9.59 Å². The van der Waals surface area contributed by atoms with Crippen LogP contribution in [0.5, 0.6) is 0 Å². The summed E-state index contributed by atoms with van der Waals surface area (Å²) < 4.78 is 0. The number of anilines is 1. The number of nitrogens with one attached hydrogen (secondary N) is 3. The number of hydrogen-bond donors (Lipinski definition) is 3. The van der Waals surface area contributed by atoms with Gasteiger partial charge in [-0.1, -0.05) is 44.2 Å². The standard InChI is InChI=1S/C21H23N3O2/c1-14(2)15-7-9-17(10-8-15)24-21(26)20(25)22-12-11-16-13-23-19-6-4-3-5-18(16)19/h3-10,13-14,23H,11-12H2,1-2H3,(H,22,25)(H,24,26). The fraction of sp³-hybridized carbons (Fsp3) is 0.238. The van der Waals surface area contributed by atoms with Crippen LogP contribution >= 0.6 is 0 Å². The lowest BCUT2D eigenvalue weighted by Crippen LogP contribution is -2.36. The summed E-state index contributed by atoms with van der Waals surface area (Å²) >= 11 is 0. The van der Waals surface area contributed by atoms with Gasteiger partial charge in [-0.15, -0.1) is 0 Å². The number of amides is 2. The molecule has 5 heteroatoms. The summed E-state index contributed by atoms with van der Waals surface area (Å²) in [6.07, 6.45) is 2.60. The van der Waals surface area contributed by atoms with Gasteiger partial charge in [0.1, 0.15) is 0 Å². The van der Waals surface area contributed by atoms with Crippen molar-refractivity contribution < 1.29 is 9.59 Å². The quantitative estimate of drug-likeness (QED) is 0.616. The highest BCUT2D eigenvalue weighted by Crippen LogP contribution is 2.18. The van der Waals surface area contributed by atoms with Crippen molar-refractivity contribution in [2.75, 3.05) is 11.9 Å². The molecule has 3 N–H and O–H groups in total. The molecule has 26 heavy (non-hydrogen) atoms. The van der Waals surface area contributed by atoms with E-state index in [4.69, 9.17) is 0 Å². The highest BCUT2D eigenvalue weighted by molar-refractivity contribution is 6.39. The van der Waals surface area contributed by atoms with E-state index in [1.54, 1.807) is 0 Å². The van der Waals surface area contributed by atoms with Crippen LogP contribution in [0.15, 0.2) is 54.7 Å². The molecule has 0 radical (unpaired) electrons. The van der Waals surface area contributed by atoms with Crippen LogP contribution in [-0.4, -0.2) is 23.3 Å². The largest absolute Gasteiger partial charge is 0.361 e. The minimum Gasteiger partial charge on any atom is -0.361 e. The SMILES string of the molecule is CC(C)c1ccc(NC(=O)C(=O)NCCc2c[nH]c3ccccc23)cc1. The minimum atomic E-state index is -0.652. The maximum Gasteiger partial charge on any atom is 0.313 e. The molecule has 0 saturated heterocycles. The van der Waals surface area contributed by atoms with Crippen LogP contribution in [0.25, 0.3) is 10.9 Å². The van der Waals surface area contributed by atoms with E-state index >= 15 is 0 Å². The van der Waals surface area contributed by atoms with Crippen LogP contribution in [0.3, 0.4) is 0 Å². The van der Waals surface area contributed by atoms with Crippen LogP contribution in [0.4, 0.5) is 5.69 Å². The Labute approximate surface area is 152 Å². The number of H-pyrrole nitrogens is 1. The Morgan fingerprint density at radius 2 is 1.73 bits per heavy atom. The number of carbonyl (C=O) groups excluding carboxylic acids is 2. The second-order valence-electron chi connectivity index (χ2n) is 6.60. The van der Waals surface area contributed by atoms with Crippen LogP contribution < -0.4 is 10.6 Å². The van der Waals surface area contributed by atoms with Gasteiger partial charge in [0.15, 0.2) is 0 Å². The van der Waals surface area contributed by atoms with Gasteiger partial charge in [0.05, 0.1) is 0 Å². The zero-order valence-electron chi connectivity index (χ0n) is 15.0. The van der Waals surface area contributed by atoms with Gasteiger partial charge in [0, 0.05) is 29.3 Å². The highest BCUT2D eigenvalue weighted by atomic mass is 16.2. The second kappa shape index (κ2) is 7.87. The Balaban J connectivity index is 1.50. The molecule has 0 bridgehead atoms. The van der Waals surface area contributed by atoms with Crippen LogP contribution in [0.2, 0.25) is 0 Å². The topological polar surface area (TPSA) is 74.0 Å². The molecular weight excluding hydrogens is 326 g/mol. The fourth-order valence-corrected chi connectivity index (χ4v) is 2.87. The number of rotatable bonds is 5. The van der Waals surface area contributed by atoms with Gasteiger partial charge in [-0.2, -0.15) is 0 Å². The number of carbonyl (C=O) groups is 2. The van der Waals surface area contributed by atoms with Gasteiger partial charge in [0.25, 0.3) is 0 Å². The zero-order chi connectivity index (χ0) is 18.5. The van der Waals surface area contributed by atoms with Crippen molar-refractivity contribution in [2.24, 2.45) is 0 Å². The summed E-state index contributed by atoms with van der Waals surface area (Å²) in [4.78, 5) is 27.2. The molecule has 2 amide bonds. The first-order valence-corrected chi connectivity index (χ1v) is 8.78. The molecule has 134 valence electrons.